The number of amides is 2. The van der Waals surface area contributed by atoms with E-state index in [-0.39, 0.29) is 36.1 Å². The lowest BCUT2D eigenvalue weighted by Crippen LogP contribution is -2.55. The number of carbonyl (C=O) groups is 2. The van der Waals surface area contributed by atoms with Gasteiger partial charge in [0.05, 0.1) is 6.10 Å². The minimum Gasteiger partial charge on any atom is -0.474 e. The SMILES string of the molecule is CC1(C)Oc2ccc(N)nc2N(CC(=O)NCC2CCCO2)C1=O. The second kappa shape index (κ2) is 6.27. The molecule has 1 aromatic rings. The number of pyridine rings is 1. The number of nitrogens with zero attached hydrogens (tertiary/aromatic N) is 2. The van der Waals surface area contributed by atoms with Gasteiger partial charge in [-0.3, -0.25) is 14.5 Å². The maximum absolute atomic E-state index is 12.6. The van der Waals surface area contributed by atoms with Crippen LogP contribution in [0.25, 0.3) is 0 Å². The van der Waals surface area contributed by atoms with E-state index in [4.69, 9.17) is 15.2 Å². The molecule has 2 aliphatic heterocycles. The summed E-state index contributed by atoms with van der Waals surface area (Å²) in [5.74, 6) is 0.356. The lowest BCUT2D eigenvalue weighted by molar-refractivity contribution is -0.134. The van der Waals surface area contributed by atoms with Gasteiger partial charge in [-0.2, -0.15) is 0 Å². The van der Waals surface area contributed by atoms with Crippen molar-refractivity contribution in [3.8, 4) is 5.75 Å². The Kier molecular flexibility index (Phi) is 4.31. The first-order chi connectivity index (χ1) is 11.4. The summed E-state index contributed by atoms with van der Waals surface area (Å²) in [5.41, 5.74) is 4.64. The monoisotopic (exact) mass is 334 g/mol. The van der Waals surface area contributed by atoms with Crippen LogP contribution in [0.4, 0.5) is 11.6 Å². The number of carbonyl (C=O) groups excluding carboxylic acids is 2. The molecule has 3 heterocycles. The van der Waals surface area contributed by atoms with Crippen molar-refractivity contribution >= 4 is 23.5 Å². The highest BCUT2D eigenvalue weighted by Crippen LogP contribution is 2.36. The number of aromatic nitrogens is 1. The predicted molar refractivity (Wildman–Crippen MR) is 87.7 cm³/mol. The van der Waals surface area contributed by atoms with E-state index in [1.165, 1.54) is 4.90 Å². The molecule has 1 aromatic heterocycles. The molecule has 2 aliphatic rings. The number of hydrogen-bond donors (Lipinski definition) is 2. The van der Waals surface area contributed by atoms with E-state index in [0.717, 1.165) is 19.4 Å². The van der Waals surface area contributed by atoms with Crippen molar-refractivity contribution in [2.24, 2.45) is 0 Å². The summed E-state index contributed by atoms with van der Waals surface area (Å²) in [6.07, 6.45) is 1.99. The van der Waals surface area contributed by atoms with Crippen LogP contribution >= 0.6 is 0 Å². The number of nitrogen functional groups attached to an aromatic ring is 1. The topological polar surface area (TPSA) is 107 Å². The first-order valence-electron chi connectivity index (χ1n) is 8.02. The molecule has 0 aliphatic carbocycles. The molecule has 8 nitrogen and oxygen atoms in total. The van der Waals surface area contributed by atoms with Gasteiger partial charge < -0.3 is 20.5 Å². The van der Waals surface area contributed by atoms with Gasteiger partial charge in [0.15, 0.2) is 17.2 Å². The molecule has 130 valence electrons. The fraction of sp³-hybridized carbons (Fsp3) is 0.562. The van der Waals surface area contributed by atoms with Crippen molar-refractivity contribution in [1.82, 2.24) is 10.3 Å². The van der Waals surface area contributed by atoms with Crippen LogP contribution in [0.15, 0.2) is 12.1 Å². The van der Waals surface area contributed by atoms with Crippen LogP contribution in [0.2, 0.25) is 0 Å². The van der Waals surface area contributed by atoms with Gasteiger partial charge in [-0.15, -0.1) is 0 Å². The summed E-state index contributed by atoms with van der Waals surface area (Å²) in [7, 11) is 0. The predicted octanol–water partition coefficient (Wildman–Crippen LogP) is 0.463. The molecule has 0 radical (unpaired) electrons. The maximum Gasteiger partial charge on any atom is 0.272 e. The average Bonchev–Trinajstić information content (AvgIpc) is 3.04. The summed E-state index contributed by atoms with van der Waals surface area (Å²) in [6, 6.07) is 3.25. The summed E-state index contributed by atoms with van der Waals surface area (Å²) >= 11 is 0. The molecular formula is C16H22N4O4. The number of nitrogens with one attached hydrogen (secondary N) is 1. The van der Waals surface area contributed by atoms with E-state index in [9.17, 15) is 9.59 Å². The number of rotatable bonds is 4. The molecule has 1 atom stereocenters. The van der Waals surface area contributed by atoms with Crippen molar-refractivity contribution in [1.29, 1.82) is 0 Å². The van der Waals surface area contributed by atoms with Crippen LogP contribution in [-0.4, -0.2) is 48.2 Å². The van der Waals surface area contributed by atoms with Crippen LogP contribution in [0.3, 0.4) is 0 Å². The molecule has 24 heavy (non-hydrogen) atoms. The highest BCUT2D eigenvalue weighted by Gasteiger charge is 2.42. The Labute approximate surface area is 140 Å². The standard InChI is InChI=1S/C16H22N4O4/c1-16(2)15(22)20(14-11(24-16)5-6-12(17)19-14)9-13(21)18-8-10-4-3-7-23-10/h5-6,10H,3-4,7-9H2,1-2H3,(H2,17,19)(H,18,21). The number of ether oxygens (including phenoxy) is 2. The van der Waals surface area contributed by atoms with Crippen LogP contribution < -0.4 is 20.7 Å². The first-order valence-corrected chi connectivity index (χ1v) is 8.02. The number of hydrogen-bond acceptors (Lipinski definition) is 6. The second-order valence-corrected chi connectivity index (χ2v) is 6.50. The smallest absolute Gasteiger partial charge is 0.272 e. The van der Waals surface area contributed by atoms with E-state index in [2.05, 4.69) is 10.3 Å². The third kappa shape index (κ3) is 3.28. The highest BCUT2D eigenvalue weighted by molar-refractivity contribution is 6.05. The number of anilines is 2. The molecule has 1 fully saturated rings. The average molecular weight is 334 g/mol. The molecule has 0 bridgehead atoms. The molecule has 1 unspecified atom stereocenters. The second-order valence-electron chi connectivity index (χ2n) is 6.50. The first kappa shape index (κ1) is 16.5. The molecule has 0 saturated carbocycles. The summed E-state index contributed by atoms with van der Waals surface area (Å²) < 4.78 is 11.2. The van der Waals surface area contributed by atoms with Crippen molar-refractivity contribution in [2.45, 2.75) is 38.4 Å². The Hall–Kier alpha value is -2.35. The molecule has 0 aromatic carbocycles. The third-order valence-electron chi connectivity index (χ3n) is 4.09. The van der Waals surface area contributed by atoms with Gasteiger partial charge in [-0.25, -0.2) is 4.98 Å². The highest BCUT2D eigenvalue weighted by atomic mass is 16.5. The van der Waals surface area contributed by atoms with Gasteiger partial charge in [0.25, 0.3) is 5.91 Å². The van der Waals surface area contributed by atoms with E-state index in [1.54, 1.807) is 26.0 Å². The molecule has 3 rings (SSSR count). The zero-order valence-corrected chi connectivity index (χ0v) is 13.9. The normalized spacial score (nSPS) is 22.0. The summed E-state index contributed by atoms with van der Waals surface area (Å²) in [4.78, 5) is 30.4. The van der Waals surface area contributed by atoms with Crippen molar-refractivity contribution < 1.29 is 19.1 Å². The van der Waals surface area contributed by atoms with Crippen LogP contribution in [0.1, 0.15) is 26.7 Å². The van der Waals surface area contributed by atoms with Gasteiger partial charge >= 0.3 is 0 Å². The Balaban J connectivity index is 1.74. The molecular weight excluding hydrogens is 312 g/mol. The van der Waals surface area contributed by atoms with Crippen molar-refractivity contribution in [2.75, 3.05) is 30.3 Å². The van der Waals surface area contributed by atoms with E-state index in [1.807, 2.05) is 0 Å². The Morgan fingerprint density at radius 3 is 3.00 bits per heavy atom. The Morgan fingerprint density at radius 2 is 2.29 bits per heavy atom. The molecule has 3 N–H and O–H groups in total. The van der Waals surface area contributed by atoms with Crippen LogP contribution in [-0.2, 0) is 14.3 Å². The van der Waals surface area contributed by atoms with E-state index >= 15 is 0 Å². The lowest BCUT2D eigenvalue weighted by Gasteiger charge is -2.37. The quantitative estimate of drug-likeness (QED) is 0.828. The van der Waals surface area contributed by atoms with Gasteiger partial charge in [0, 0.05) is 13.2 Å². The van der Waals surface area contributed by atoms with E-state index in [0.29, 0.717) is 12.3 Å². The van der Waals surface area contributed by atoms with Crippen molar-refractivity contribution in [3.05, 3.63) is 12.1 Å². The maximum atomic E-state index is 12.6. The molecule has 1 saturated heterocycles. The van der Waals surface area contributed by atoms with Gasteiger partial charge in [0.2, 0.25) is 5.91 Å². The van der Waals surface area contributed by atoms with Crippen LogP contribution in [0.5, 0.6) is 5.75 Å². The molecule has 8 heteroatoms. The van der Waals surface area contributed by atoms with E-state index < -0.39 is 5.60 Å². The van der Waals surface area contributed by atoms with Gasteiger partial charge in [-0.1, -0.05) is 0 Å². The Bertz CT molecular complexity index is 655. The van der Waals surface area contributed by atoms with Crippen molar-refractivity contribution in [3.63, 3.8) is 0 Å². The van der Waals surface area contributed by atoms with Crippen LogP contribution in [0, 0.1) is 0 Å². The zero-order valence-electron chi connectivity index (χ0n) is 13.9. The van der Waals surface area contributed by atoms with Gasteiger partial charge in [-0.05, 0) is 38.8 Å². The minimum atomic E-state index is -1.07. The molecule has 0 spiro atoms. The summed E-state index contributed by atoms with van der Waals surface area (Å²) in [5, 5.41) is 2.81. The van der Waals surface area contributed by atoms with Gasteiger partial charge in [0.1, 0.15) is 12.4 Å². The molecule has 2 amide bonds. The lowest BCUT2D eigenvalue weighted by atomic mass is 10.1. The Morgan fingerprint density at radius 1 is 1.50 bits per heavy atom. The largest absolute Gasteiger partial charge is 0.474 e. The fourth-order valence-corrected chi connectivity index (χ4v) is 2.84. The minimum absolute atomic E-state index is 0.0480. The third-order valence-corrected chi connectivity index (χ3v) is 4.09. The zero-order chi connectivity index (χ0) is 17.3. The summed E-state index contributed by atoms with van der Waals surface area (Å²) in [6.45, 7) is 4.35. The fourth-order valence-electron chi connectivity index (χ4n) is 2.84. The number of fused-ring (bicyclic) bond motifs is 1. The number of nitrogens with two attached hydrogens (primary N) is 1.